The first-order valence-corrected chi connectivity index (χ1v) is 4.16. The number of carbonyl (C=O) groups excluding carboxylic acids is 1. The van der Waals surface area contributed by atoms with Crippen LogP contribution in [0.25, 0.3) is 0 Å². The lowest BCUT2D eigenvalue weighted by atomic mass is 10.2. The van der Waals surface area contributed by atoms with Gasteiger partial charge in [0.15, 0.2) is 4.27 Å². The summed E-state index contributed by atoms with van der Waals surface area (Å²) in [7, 11) is 0. The molecule has 4 heteroatoms. The number of hydrogen-bond acceptors (Lipinski definition) is 4. The third-order valence-corrected chi connectivity index (χ3v) is 2.04. The molecule has 0 amide bonds. The fourth-order valence-electron chi connectivity index (χ4n) is 0.909. The fraction of sp³-hybridized carbons (Fsp3) is 0.833. The molecule has 0 N–H and O–H groups in total. The Balaban J connectivity index is 2.54. The minimum atomic E-state index is -0.826. The van der Waals surface area contributed by atoms with Gasteiger partial charge in [0, 0.05) is 12.8 Å². The molecular formula is C6H10O2S2. The Labute approximate surface area is 71.1 Å². The van der Waals surface area contributed by atoms with Crippen molar-refractivity contribution in [2.45, 2.75) is 29.9 Å². The third kappa shape index (κ3) is 2.42. The highest BCUT2D eigenvalue weighted by Crippen LogP contribution is 2.31. The van der Waals surface area contributed by atoms with Crippen LogP contribution in [-0.2, 0) is 9.53 Å². The second-order valence-corrected chi connectivity index (χ2v) is 4.22. The monoisotopic (exact) mass is 178 g/mol. The molecule has 1 saturated heterocycles. The molecule has 0 saturated carbocycles. The maximum atomic E-state index is 10.8. The lowest BCUT2D eigenvalue weighted by molar-refractivity contribution is -0.145. The fourth-order valence-corrected chi connectivity index (χ4v) is 1.43. The molecular weight excluding hydrogens is 168 g/mol. The summed E-state index contributed by atoms with van der Waals surface area (Å²) in [5.74, 6) is -0.192. The molecule has 0 aromatic rings. The van der Waals surface area contributed by atoms with Crippen LogP contribution in [0.4, 0.5) is 0 Å². The van der Waals surface area contributed by atoms with E-state index in [2.05, 4.69) is 25.3 Å². The Morgan fingerprint density at radius 3 is 2.80 bits per heavy atom. The van der Waals surface area contributed by atoms with E-state index in [1.54, 1.807) is 0 Å². The topological polar surface area (TPSA) is 26.3 Å². The number of ether oxygens (including phenoxy) is 1. The summed E-state index contributed by atoms with van der Waals surface area (Å²) in [5.41, 5.74) is 0. The van der Waals surface area contributed by atoms with Gasteiger partial charge < -0.3 is 4.74 Å². The van der Waals surface area contributed by atoms with Gasteiger partial charge in [0.25, 0.3) is 0 Å². The summed E-state index contributed by atoms with van der Waals surface area (Å²) in [4.78, 5) is 10.8. The minimum absolute atomic E-state index is 0.192. The molecule has 0 radical (unpaired) electrons. The molecule has 0 spiro atoms. The summed E-state index contributed by atoms with van der Waals surface area (Å²) >= 11 is 8.13. The van der Waals surface area contributed by atoms with Crippen LogP contribution in [0.1, 0.15) is 25.7 Å². The first kappa shape index (κ1) is 8.27. The van der Waals surface area contributed by atoms with E-state index in [1.165, 1.54) is 0 Å². The summed E-state index contributed by atoms with van der Waals surface area (Å²) in [5, 5.41) is 0. The van der Waals surface area contributed by atoms with Gasteiger partial charge in [0.2, 0.25) is 0 Å². The van der Waals surface area contributed by atoms with Crippen molar-refractivity contribution in [3.8, 4) is 0 Å². The Kier molecular flexibility index (Phi) is 2.52. The van der Waals surface area contributed by atoms with Crippen molar-refractivity contribution in [2.75, 3.05) is 0 Å². The maximum absolute atomic E-state index is 10.8. The van der Waals surface area contributed by atoms with Gasteiger partial charge in [-0.05, 0) is 12.8 Å². The summed E-state index contributed by atoms with van der Waals surface area (Å²) in [6.07, 6.45) is 3.08. The van der Waals surface area contributed by atoms with E-state index in [0.29, 0.717) is 6.42 Å². The van der Waals surface area contributed by atoms with Gasteiger partial charge in [0.05, 0.1) is 0 Å². The average Bonchev–Trinajstić information content (AvgIpc) is 1.90. The molecule has 58 valence electrons. The standard InChI is InChI=1S/C6H10O2S2/c7-5-3-1-2-4-6(9,10)8-5/h9-10H,1-4H2. The van der Waals surface area contributed by atoms with Crippen molar-refractivity contribution in [1.82, 2.24) is 0 Å². The second kappa shape index (κ2) is 3.05. The number of rotatable bonds is 0. The summed E-state index contributed by atoms with van der Waals surface area (Å²) < 4.78 is 4.06. The molecule has 0 bridgehead atoms. The highest BCUT2D eigenvalue weighted by molar-refractivity contribution is 8.00. The molecule has 1 heterocycles. The highest BCUT2D eigenvalue weighted by Gasteiger charge is 2.27. The molecule has 0 aliphatic carbocycles. The van der Waals surface area contributed by atoms with Crippen LogP contribution in [0.2, 0.25) is 0 Å². The largest absolute Gasteiger partial charge is 0.439 e. The molecule has 1 aliphatic heterocycles. The van der Waals surface area contributed by atoms with Crippen LogP contribution in [0.15, 0.2) is 0 Å². The molecule has 10 heavy (non-hydrogen) atoms. The summed E-state index contributed by atoms with van der Waals surface area (Å²) in [6.45, 7) is 0. The van der Waals surface area contributed by atoms with Crippen LogP contribution in [0.5, 0.6) is 0 Å². The Hall–Kier alpha value is 0.170. The third-order valence-electron chi connectivity index (χ3n) is 1.41. The number of carbonyl (C=O) groups is 1. The van der Waals surface area contributed by atoms with Crippen LogP contribution >= 0.6 is 25.3 Å². The van der Waals surface area contributed by atoms with Crippen LogP contribution < -0.4 is 0 Å². The van der Waals surface area contributed by atoms with E-state index in [4.69, 9.17) is 4.74 Å². The van der Waals surface area contributed by atoms with Crippen molar-refractivity contribution in [2.24, 2.45) is 0 Å². The molecule has 1 rings (SSSR count). The Bertz CT molecular complexity index is 145. The van der Waals surface area contributed by atoms with E-state index in [1.807, 2.05) is 0 Å². The predicted molar refractivity (Wildman–Crippen MR) is 45.3 cm³/mol. The Morgan fingerprint density at radius 2 is 2.10 bits per heavy atom. The molecule has 1 fully saturated rings. The predicted octanol–water partition coefficient (Wildman–Crippen LogP) is 1.62. The van der Waals surface area contributed by atoms with Crippen LogP contribution in [0.3, 0.4) is 0 Å². The average molecular weight is 178 g/mol. The molecule has 0 aromatic carbocycles. The molecule has 1 aliphatic rings. The van der Waals surface area contributed by atoms with E-state index in [-0.39, 0.29) is 5.97 Å². The van der Waals surface area contributed by atoms with Gasteiger partial charge in [-0.25, -0.2) is 0 Å². The lowest BCUT2D eigenvalue weighted by Gasteiger charge is -2.19. The van der Waals surface area contributed by atoms with Gasteiger partial charge in [-0.2, -0.15) is 0 Å². The van der Waals surface area contributed by atoms with E-state index < -0.39 is 4.27 Å². The second-order valence-electron chi connectivity index (χ2n) is 2.42. The van der Waals surface area contributed by atoms with Crippen LogP contribution in [0, 0.1) is 0 Å². The first-order valence-electron chi connectivity index (χ1n) is 3.27. The quantitative estimate of drug-likeness (QED) is 0.335. The number of hydrogen-bond donors (Lipinski definition) is 2. The van der Waals surface area contributed by atoms with Crippen molar-refractivity contribution >= 4 is 31.2 Å². The number of cyclic esters (lactones) is 1. The lowest BCUT2D eigenvalue weighted by Crippen LogP contribution is -2.19. The molecule has 0 aromatic heterocycles. The van der Waals surface area contributed by atoms with Crippen molar-refractivity contribution in [3.05, 3.63) is 0 Å². The smallest absolute Gasteiger partial charge is 0.307 e. The minimum Gasteiger partial charge on any atom is -0.439 e. The maximum Gasteiger partial charge on any atom is 0.307 e. The Morgan fingerprint density at radius 1 is 1.40 bits per heavy atom. The van der Waals surface area contributed by atoms with Crippen molar-refractivity contribution < 1.29 is 9.53 Å². The zero-order valence-electron chi connectivity index (χ0n) is 5.54. The zero-order chi connectivity index (χ0) is 7.61. The first-order chi connectivity index (χ1) is 4.60. The van der Waals surface area contributed by atoms with Crippen molar-refractivity contribution in [1.29, 1.82) is 0 Å². The highest BCUT2D eigenvalue weighted by atomic mass is 32.2. The molecule has 0 atom stereocenters. The molecule has 0 unspecified atom stereocenters. The van der Waals surface area contributed by atoms with E-state index in [0.717, 1.165) is 19.3 Å². The number of thiol groups is 2. The zero-order valence-corrected chi connectivity index (χ0v) is 7.33. The van der Waals surface area contributed by atoms with Gasteiger partial charge in [-0.3, -0.25) is 4.79 Å². The molecule has 2 nitrogen and oxygen atoms in total. The van der Waals surface area contributed by atoms with Gasteiger partial charge in [0.1, 0.15) is 0 Å². The van der Waals surface area contributed by atoms with Gasteiger partial charge in [-0.1, -0.05) is 0 Å². The van der Waals surface area contributed by atoms with Gasteiger partial charge >= 0.3 is 5.97 Å². The van der Waals surface area contributed by atoms with Crippen LogP contribution in [-0.4, -0.2) is 10.2 Å². The van der Waals surface area contributed by atoms with E-state index >= 15 is 0 Å². The summed E-state index contributed by atoms with van der Waals surface area (Å²) in [6, 6.07) is 0. The SMILES string of the molecule is O=C1CCCCC(S)(S)O1. The van der Waals surface area contributed by atoms with Gasteiger partial charge in [-0.15, -0.1) is 25.3 Å². The normalized spacial score (nSPS) is 25.2. The number of esters is 1. The van der Waals surface area contributed by atoms with E-state index in [9.17, 15) is 4.79 Å². The van der Waals surface area contributed by atoms with Crippen molar-refractivity contribution in [3.63, 3.8) is 0 Å².